The van der Waals surface area contributed by atoms with Crippen molar-refractivity contribution in [1.82, 2.24) is 0 Å². The summed E-state index contributed by atoms with van der Waals surface area (Å²) in [5.41, 5.74) is 4.94. The second-order valence-corrected chi connectivity index (χ2v) is 8.79. The average Bonchev–Trinajstić information content (AvgIpc) is 2.93. The third kappa shape index (κ3) is 4.80. The number of hydrogen-bond acceptors (Lipinski definition) is 10. The van der Waals surface area contributed by atoms with Crippen molar-refractivity contribution in [3.05, 3.63) is 63.7 Å². The maximum absolute atomic E-state index is 11.0. The van der Waals surface area contributed by atoms with Crippen molar-refractivity contribution in [3.8, 4) is 17.2 Å². The van der Waals surface area contributed by atoms with Crippen molar-refractivity contribution in [2.75, 3.05) is 32.2 Å². The van der Waals surface area contributed by atoms with E-state index in [1.807, 2.05) is 6.07 Å². The van der Waals surface area contributed by atoms with Gasteiger partial charge in [-0.2, -0.15) is 5.11 Å². The lowest BCUT2D eigenvalue weighted by Gasteiger charge is -2.37. The normalized spacial score (nSPS) is 14.7. The number of non-ortho nitro benzene ring substituents is 1. The van der Waals surface area contributed by atoms with Crippen LogP contribution in [0.1, 0.15) is 24.0 Å². The molecule has 1 N–H and O–H groups in total. The van der Waals surface area contributed by atoms with Crippen molar-refractivity contribution in [3.63, 3.8) is 0 Å². The lowest BCUT2D eigenvalue weighted by atomic mass is 9.90. The molecule has 0 aromatic heterocycles. The summed E-state index contributed by atoms with van der Waals surface area (Å²) in [5, 5.41) is 38.9. The third-order valence-corrected chi connectivity index (χ3v) is 6.55. The van der Waals surface area contributed by atoms with Crippen molar-refractivity contribution in [2.24, 2.45) is 20.5 Å². The van der Waals surface area contributed by atoms with Gasteiger partial charge in [-0.3, -0.25) is 10.1 Å². The van der Waals surface area contributed by atoms with Crippen LogP contribution in [0.4, 0.5) is 34.1 Å². The number of methoxy groups -OCH3 is 2. The first kappa shape index (κ1) is 24.2. The molecule has 2 aliphatic rings. The molecule has 5 rings (SSSR count). The summed E-state index contributed by atoms with van der Waals surface area (Å²) in [4.78, 5) is 12.7. The quantitative estimate of drug-likeness (QED) is 0.213. The monoisotopic (exact) mass is 502 g/mol. The van der Waals surface area contributed by atoms with Gasteiger partial charge in [0.1, 0.15) is 34.3 Å². The number of aromatic hydroxyl groups is 1. The summed E-state index contributed by atoms with van der Waals surface area (Å²) in [6, 6.07) is 10.9. The summed E-state index contributed by atoms with van der Waals surface area (Å²) in [6.45, 7) is 2.04. The van der Waals surface area contributed by atoms with Gasteiger partial charge in [0.2, 0.25) is 0 Å². The predicted molar refractivity (Wildman–Crippen MR) is 138 cm³/mol. The molecule has 0 aliphatic carbocycles. The van der Waals surface area contributed by atoms with E-state index in [2.05, 4.69) is 25.4 Å². The molecule has 0 saturated heterocycles. The molecular formula is C26H26N6O5. The molecule has 37 heavy (non-hydrogen) atoms. The molecule has 3 aromatic carbocycles. The zero-order valence-corrected chi connectivity index (χ0v) is 20.5. The van der Waals surface area contributed by atoms with Crippen molar-refractivity contribution >= 4 is 34.1 Å². The first-order valence-corrected chi connectivity index (χ1v) is 11.9. The van der Waals surface area contributed by atoms with E-state index in [9.17, 15) is 15.2 Å². The molecule has 2 aliphatic heterocycles. The molecule has 0 unspecified atom stereocenters. The molecular weight excluding hydrogens is 476 g/mol. The summed E-state index contributed by atoms with van der Waals surface area (Å²) < 4.78 is 11.0. The molecule has 0 fully saturated rings. The van der Waals surface area contributed by atoms with E-state index in [0.717, 1.165) is 50.0 Å². The Labute approximate surface area is 213 Å². The Morgan fingerprint density at radius 1 is 0.865 bits per heavy atom. The number of rotatable bonds is 7. The minimum atomic E-state index is -0.476. The number of ether oxygens (including phenoxy) is 2. The topological polar surface area (TPSA) is 135 Å². The maximum Gasteiger partial charge on any atom is 0.269 e. The molecule has 11 nitrogen and oxygen atoms in total. The van der Waals surface area contributed by atoms with Crippen LogP contribution in [0.3, 0.4) is 0 Å². The predicted octanol–water partition coefficient (Wildman–Crippen LogP) is 6.85. The molecule has 2 heterocycles. The summed E-state index contributed by atoms with van der Waals surface area (Å²) in [7, 11) is 3.01. The fraction of sp³-hybridized carbons (Fsp3) is 0.308. The van der Waals surface area contributed by atoms with Crippen LogP contribution in [0, 0.1) is 10.1 Å². The first-order valence-electron chi connectivity index (χ1n) is 11.9. The van der Waals surface area contributed by atoms with Crippen LogP contribution in [0.5, 0.6) is 17.2 Å². The highest BCUT2D eigenvalue weighted by Crippen LogP contribution is 2.46. The smallest absolute Gasteiger partial charge is 0.269 e. The average molecular weight is 503 g/mol. The number of nitrogens with zero attached hydrogens (tertiary/aromatic N) is 6. The summed E-state index contributed by atoms with van der Waals surface area (Å²) in [5.74, 6) is 0.960. The van der Waals surface area contributed by atoms with Crippen LogP contribution >= 0.6 is 0 Å². The van der Waals surface area contributed by atoms with Gasteiger partial charge in [-0.15, -0.1) is 15.3 Å². The number of anilines is 1. The van der Waals surface area contributed by atoms with Crippen molar-refractivity contribution in [1.29, 1.82) is 0 Å². The number of phenolic OH excluding ortho intramolecular Hbond substituents is 1. The second kappa shape index (κ2) is 10.2. The van der Waals surface area contributed by atoms with Crippen molar-refractivity contribution in [2.45, 2.75) is 25.7 Å². The fourth-order valence-corrected chi connectivity index (χ4v) is 4.78. The Balaban J connectivity index is 1.45. The zero-order valence-electron chi connectivity index (χ0n) is 20.5. The maximum atomic E-state index is 11.0. The largest absolute Gasteiger partial charge is 0.505 e. The van der Waals surface area contributed by atoms with Crippen molar-refractivity contribution < 1.29 is 19.5 Å². The highest BCUT2D eigenvalue weighted by atomic mass is 16.6. The van der Waals surface area contributed by atoms with Gasteiger partial charge in [0.15, 0.2) is 0 Å². The number of hydrogen-bond donors (Lipinski definition) is 1. The Morgan fingerprint density at radius 2 is 1.46 bits per heavy atom. The van der Waals surface area contributed by atoms with Crippen LogP contribution in [-0.4, -0.2) is 37.3 Å². The number of nitro groups is 1. The number of benzene rings is 3. The van der Waals surface area contributed by atoms with Crippen LogP contribution in [0.15, 0.2) is 62.9 Å². The molecule has 0 amide bonds. The Morgan fingerprint density at radius 3 is 2.08 bits per heavy atom. The van der Waals surface area contributed by atoms with Gasteiger partial charge < -0.3 is 19.5 Å². The molecule has 0 saturated carbocycles. The molecule has 190 valence electrons. The van der Waals surface area contributed by atoms with Crippen LogP contribution < -0.4 is 14.4 Å². The highest BCUT2D eigenvalue weighted by molar-refractivity contribution is 5.74. The SMILES string of the molecule is COc1cc(N=Nc2cc3c4c(c2O)CCCN4CCC3)c(OC)cc1N=Nc1ccc([N+](=O)[O-])cc1. The van der Waals surface area contributed by atoms with Gasteiger partial charge >= 0.3 is 0 Å². The standard InChI is InChI=1S/C26H26N6O5/c1-36-23-15-21(24(37-2)14-20(23)28-27-17-7-9-18(10-8-17)32(34)35)29-30-22-13-16-5-3-11-31-12-4-6-19(25(16)31)26(22)33/h7-10,13-15,33H,3-6,11-12H2,1-2H3. The molecule has 3 aromatic rings. The fourth-order valence-electron chi connectivity index (χ4n) is 4.78. The highest BCUT2D eigenvalue weighted by Gasteiger charge is 2.27. The Hall–Kier alpha value is -4.54. The van der Waals surface area contributed by atoms with E-state index in [1.54, 1.807) is 12.1 Å². The third-order valence-electron chi connectivity index (χ3n) is 6.55. The van der Waals surface area contributed by atoms with Gasteiger partial charge in [0.25, 0.3) is 5.69 Å². The molecule has 11 heteroatoms. The lowest BCUT2D eigenvalue weighted by Crippen LogP contribution is -2.34. The molecule has 0 atom stereocenters. The number of aryl methyl sites for hydroxylation is 1. The lowest BCUT2D eigenvalue weighted by molar-refractivity contribution is -0.384. The van der Waals surface area contributed by atoms with Crippen LogP contribution in [0.25, 0.3) is 0 Å². The molecule has 0 radical (unpaired) electrons. The Bertz CT molecular complexity index is 1400. The van der Waals surface area contributed by atoms with E-state index in [4.69, 9.17) is 9.47 Å². The molecule has 0 bridgehead atoms. The van der Waals surface area contributed by atoms with E-state index in [0.29, 0.717) is 34.2 Å². The number of phenols is 1. The number of azo groups is 2. The van der Waals surface area contributed by atoms with Gasteiger partial charge in [0.05, 0.1) is 24.8 Å². The Kier molecular flexibility index (Phi) is 6.67. The molecule has 0 spiro atoms. The zero-order chi connectivity index (χ0) is 25.9. The van der Waals surface area contributed by atoms with E-state index in [-0.39, 0.29) is 11.4 Å². The van der Waals surface area contributed by atoms with Gasteiger partial charge in [-0.25, -0.2) is 0 Å². The van der Waals surface area contributed by atoms with Gasteiger partial charge in [-0.1, -0.05) is 0 Å². The van der Waals surface area contributed by atoms with Gasteiger partial charge in [-0.05, 0) is 49.4 Å². The van der Waals surface area contributed by atoms with Gasteiger partial charge in [0, 0.05) is 48.6 Å². The summed E-state index contributed by atoms with van der Waals surface area (Å²) in [6.07, 6.45) is 3.85. The van der Waals surface area contributed by atoms with E-state index < -0.39 is 4.92 Å². The number of nitro benzene ring substituents is 1. The minimum Gasteiger partial charge on any atom is -0.505 e. The first-order chi connectivity index (χ1) is 18.0. The van der Waals surface area contributed by atoms with Crippen LogP contribution in [0.2, 0.25) is 0 Å². The van der Waals surface area contributed by atoms with E-state index in [1.165, 1.54) is 44.0 Å². The van der Waals surface area contributed by atoms with Crippen LogP contribution in [-0.2, 0) is 12.8 Å². The summed E-state index contributed by atoms with van der Waals surface area (Å²) >= 11 is 0. The van der Waals surface area contributed by atoms with E-state index >= 15 is 0 Å². The second-order valence-electron chi connectivity index (χ2n) is 8.79. The minimum absolute atomic E-state index is 0.0282.